The Morgan fingerprint density at radius 3 is 2.46 bits per heavy atom. The van der Waals surface area contributed by atoms with Crippen LogP contribution in [0.2, 0.25) is 0 Å². The van der Waals surface area contributed by atoms with E-state index in [1.54, 1.807) is 0 Å². The lowest BCUT2D eigenvalue weighted by Gasteiger charge is -2.33. The molecule has 1 unspecified atom stereocenters. The third-order valence-electron chi connectivity index (χ3n) is 3.73. The van der Waals surface area contributed by atoms with Crippen LogP contribution in [0.3, 0.4) is 0 Å². The van der Waals surface area contributed by atoms with E-state index < -0.39 is 0 Å². The van der Waals surface area contributed by atoms with Crippen LogP contribution in [0, 0.1) is 11.8 Å². The summed E-state index contributed by atoms with van der Waals surface area (Å²) < 4.78 is 0. The van der Waals surface area contributed by atoms with Crippen LogP contribution in [0.1, 0.15) is 38.5 Å². The van der Waals surface area contributed by atoms with Crippen molar-refractivity contribution in [3.05, 3.63) is 0 Å². The number of hydrogen-bond donors (Lipinski definition) is 0. The van der Waals surface area contributed by atoms with Crippen LogP contribution in [0.15, 0.2) is 0 Å². The Morgan fingerprint density at radius 2 is 1.85 bits per heavy atom. The number of carbonyl (C=O) groups excluding carboxylic acids is 1. The van der Waals surface area contributed by atoms with E-state index in [0.29, 0.717) is 5.91 Å². The second-order valence-corrected chi connectivity index (χ2v) is 4.62. The summed E-state index contributed by atoms with van der Waals surface area (Å²) in [6, 6.07) is 0. The first kappa shape index (κ1) is 9.04. The molecular weight excluding hydrogens is 162 g/mol. The molecule has 2 heteroatoms. The van der Waals surface area contributed by atoms with E-state index in [0.717, 1.165) is 31.2 Å². The van der Waals surface area contributed by atoms with E-state index in [1.807, 2.05) is 11.9 Å². The summed E-state index contributed by atoms with van der Waals surface area (Å²) in [4.78, 5) is 13.2. The molecule has 1 atom stereocenters. The van der Waals surface area contributed by atoms with Crippen LogP contribution >= 0.6 is 0 Å². The monoisotopic (exact) mass is 181 g/mol. The van der Waals surface area contributed by atoms with Gasteiger partial charge in [-0.1, -0.05) is 25.7 Å². The van der Waals surface area contributed by atoms with Crippen molar-refractivity contribution in [2.45, 2.75) is 38.5 Å². The van der Waals surface area contributed by atoms with Crippen molar-refractivity contribution in [3.8, 4) is 0 Å². The molecule has 0 aromatic heterocycles. The second-order valence-electron chi connectivity index (χ2n) is 4.62. The van der Waals surface area contributed by atoms with E-state index in [2.05, 4.69) is 0 Å². The number of carbonyl (C=O) groups is 1. The third-order valence-corrected chi connectivity index (χ3v) is 3.73. The molecule has 1 saturated carbocycles. The van der Waals surface area contributed by atoms with Crippen LogP contribution in [-0.2, 0) is 4.79 Å². The minimum absolute atomic E-state index is 0.342. The molecule has 0 aromatic rings. The van der Waals surface area contributed by atoms with E-state index in [1.165, 1.54) is 25.7 Å². The molecule has 0 radical (unpaired) electrons. The molecule has 0 bridgehead atoms. The molecule has 1 aliphatic heterocycles. The molecule has 1 aliphatic carbocycles. The topological polar surface area (TPSA) is 20.3 Å². The first-order valence-corrected chi connectivity index (χ1v) is 5.51. The molecule has 13 heavy (non-hydrogen) atoms. The maximum Gasteiger partial charge on any atom is 0.222 e. The van der Waals surface area contributed by atoms with Crippen molar-refractivity contribution in [1.82, 2.24) is 4.90 Å². The summed E-state index contributed by atoms with van der Waals surface area (Å²) in [5.74, 6) is 2.08. The summed E-state index contributed by atoms with van der Waals surface area (Å²) in [7, 11) is 1.95. The molecular formula is C11H19NO. The molecule has 2 rings (SSSR count). The quantitative estimate of drug-likeness (QED) is 0.606. The fourth-order valence-electron chi connectivity index (χ4n) is 2.86. The summed E-state index contributed by atoms with van der Waals surface area (Å²) in [5.41, 5.74) is 0. The first-order valence-electron chi connectivity index (χ1n) is 5.51. The van der Waals surface area contributed by atoms with Gasteiger partial charge in [0.2, 0.25) is 5.91 Å². The fourth-order valence-corrected chi connectivity index (χ4v) is 2.86. The van der Waals surface area contributed by atoms with Crippen molar-refractivity contribution < 1.29 is 4.79 Å². The number of piperidine rings is 1. The van der Waals surface area contributed by atoms with Gasteiger partial charge < -0.3 is 4.90 Å². The highest BCUT2D eigenvalue weighted by atomic mass is 16.2. The highest BCUT2D eigenvalue weighted by Crippen LogP contribution is 2.35. The number of likely N-dealkylation sites (tertiary alicyclic amines) is 1. The lowest BCUT2D eigenvalue weighted by molar-refractivity contribution is -0.133. The van der Waals surface area contributed by atoms with Crippen LogP contribution in [-0.4, -0.2) is 24.4 Å². The maximum absolute atomic E-state index is 11.3. The molecule has 0 aromatic carbocycles. The van der Waals surface area contributed by atoms with E-state index in [-0.39, 0.29) is 0 Å². The Balaban J connectivity index is 1.90. The van der Waals surface area contributed by atoms with Gasteiger partial charge in [-0.15, -0.1) is 0 Å². The van der Waals surface area contributed by atoms with Gasteiger partial charge in [0.25, 0.3) is 0 Å². The van der Waals surface area contributed by atoms with Gasteiger partial charge >= 0.3 is 0 Å². The Kier molecular flexibility index (Phi) is 2.56. The normalized spacial score (nSPS) is 31.3. The number of hydrogen-bond acceptors (Lipinski definition) is 1. The largest absolute Gasteiger partial charge is 0.345 e. The van der Waals surface area contributed by atoms with E-state index in [9.17, 15) is 4.79 Å². The zero-order chi connectivity index (χ0) is 9.26. The Morgan fingerprint density at radius 1 is 1.15 bits per heavy atom. The first-order chi connectivity index (χ1) is 6.27. The van der Waals surface area contributed by atoms with Crippen molar-refractivity contribution >= 4 is 5.91 Å². The highest BCUT2D eigenvalue weighted by Gasteiger charge is 2.30. The van der Waals surface area contributed by atoms with Gasteiger partial charge in [-0.2, -0.15) is 0 Å². The third kappa shape index (κ3) is 1.87. The van der Waals surface area contributed by atoms with Crippen molar-refractivity contribution in [1.29, 1.82) is 0 Å². The minimum atomic E-state index is 0.342. The second kappa shape index (κ2) is 3.69. The molecule has 0 spiro atoms. The molecule has 0 N–H and O–H groups in total. The Labute approximate surface area is 80.3 Å². The smallest absolute Gasteiger partial charge is 0.222 e. The maximum atomic E-state index is 11.3. The van der Waals surface area contributed by atoms with Crippen molar-refractivity contribution in [2.24, 2.45) is 11.8 Å². The van der Waals surface area contributed by atoms with Crippen molar-refractivity contribution in [2.75, 3.05) is 13.6 Å². The fraction of sp³-hybridized carbons (Fsp3) is 0.909. The molecule has 1 amide bonds. The van der Waals surface area contributed by atoms with Gasteiger partial charge in [0.05, 0.1) is 0 Å². The minimum Gasteiger partial charge on any atom is -0.345 e. The summed E-state index contributed by atoms with van der Waals surface area (Å²) >= 11 is 0. The predicted molar refractivity (Wildman–Crippen MR) is 52.3 cm³/mol. The lowest BCUT2D eigenvalue weighted by atomic mass is 9.84. The lowest BCUT2D eigenvalue weighted by Crippen LogP contribution is -2.39. The van der Waals surface area contributed by atoms with Gasteiger partial charge in [-0.25, -0.2) is 0 Å². The van der Waals surface area contributed by atoms with Crippen molar-refractivity contribution in [3.63, 3.8) is 0 Å². The van der Waals surface area contributed by atoms with Crippen LogP contribution < -0.4 is 0 Å². The standard InChI is InChI=1S/C11H19NO/c1-12-8-10(6-7-11(12)13)9-4-2-3-5-9/h9-10H,2-8H2,1H3. The predicted octanol–water partition coefficient (Wildman–Crippen LogP) is 2.04. The molecule has 2 aliphatic rings. The average molecular weight is 181 g/mol. The van der Waals surface area contributed by atoms with Crippen LogP contribution in [0.4, 0.5) is 0 Å². The Hall–Kier alpha value is -0.530. The molecule has 2 fully saturated rings. The molecule has 2 nitrogen and oxygen atoms in total. The van der Waals surface area contributed by atoms with Gasteiger partial charge in [0.15, 0.2) is 0 Å². The van der Waals surface area contributed by atoms with Gasteiger partial charge in [0, 0.05) is 20.0 Å². The zero-order valence-corrected chi connectivity index (χ0v) is 8.46. The van der Waals surface area contributed by atoms with E-state index >= 15 is 0 Å². The summed E-state index contributed by atoms with van der Waals surface area (Å²) in [6.07, 6.45) is 7.59. The van der Waals surface area contributed by atoms with Gasteiger partial charge in [-0.3, -0.25) is 4.79 Å². The number of amides is 1. The highest BCUT2D eigenvalue weighted by molar-refractivity contribution is 5.76. The molecule has 1 saturated heterocycles. The van der Waals surface area contributed by atoms with Crippen LogP contribution in [0.25, 0.3) is 0 Å². The zero-order valence-electron chi connectivity index (χ0n) is 8.46. The average Bonchev–Trinajstić information content (AvgIpc) is 2.62. The number of rotatable bonds is 1. The summed E-state index contributed by atoms with van der Waals surface area (Å²) in [6.45, 7) is 1.02. The number of nitrogens with zero attached hydrogens (tertiary/aromatic N) is 1. The SMILES string of the molecule is CN1CC(C2CCCC2)CCC1=O. The summed E-state index contributed by atoms with van der Waals surface area (Å²) in [5, 5.41) is 0. The Bertz CT molecular complexity index is 196. The molecule has 74 valence electrons. The van der Waals surface area contributed by atoms with E-state index in [4.69, 9.17) is 0 Å². The van der Waals surface area contributed by atoms with Gasteiger partial charge in [0.1, 0.15) is 0 Å². The molecule has 1 heterocycles. The van der Waals surface area contributed by atoms with Gasteiger partial charge in [-0.05, 0) is 18.3 Å². The van der Waals surface area contributed by atoms with Crippen LogP contribution in [0.5, 0.6) is 0 Å².